The Hall–Kier alpha value is -3.06. The van der Waals surface area contributed by atoms with Gasteiger partial charge in [-0.1, -0.05) is 31.4 Å². The maximum absolute atomic E-state index is 13.6. The molecule has 0 bridgehead atoms. The van der Waals surface area contributed by atoms with E-state index in [2.05, 4.69) is 11.9 Å². The highest BCUT2D eigenvalue weighted by atomic mass is 16.5. The van der Waals surface area contributed by atoms with Gasteiger partial charge in [-0.2, -0.15) is 5.10 Å². The Balaban J connectivity index is 1.64. The summed E-state index contributed by atoms with van der Waals surface area (Å²) in [6.07, 6.45) is 6.65. The minimum Gasteiger partial charge on any atom is -0.497 e. The van der Waals surface area contributed by atoms with Gasteiger partial charge in [-0.05, 0) is 44.2 Å². The van der Waals surface area contributed by atoms with Crippen molar-refractivity contribution in [2.45, 2.75) is 50.6 Å². The molecular weight excluding hydrogens is 430 g/mol. The number of methoxy groups -OCH3 is 3. The zero-order valence-corrected chi connectivity index (χ0v) is 20.6. The minimum absolute atomic E-state index is 0.00570. The van der Waals surface area contributed by atoms with Crippen LogP contribution in [0.15, 0.2) is 47.6 Å². The van der Waals surface area contributed by atoms with Crippen LogP contribution in [0.3, 0.4) is 0 Å². The summed E-state index contributed by atoms with van der Waals surface area (Å²) in [5.41, 5.74) is 2.72. The summed E-state index contributed by atoms with van der Waals surface area (Å²) in [6.45, 7) is 0.342. The SMILES string of the molecule is COc1cccc(C2=NN(C(=O)CN(C)C3CCCCC3)C(c3ccc(OC)cc3OC)C2)c1. The molecule has 0 saturated heterocycles. The van der Waals surface area contributed by atoms with Crippen LogP contribution >= 0.6 is 0 Å². The first-order chi connectivity index (χ1) is 16.5. The van der Waals surface area contributed by atoms with E-state index in [-0.39, 0.29) is 11.9 Å². The molecule has 182 valence electrons. The lowest BCUT2D eigenvalue weighted by atomic mass is 9.94. The molecule has 7 nitrogen and oxygen atoms in total. The highest BCUT2D eigenvalue weighted by Gasteiger charge is 2.36. The van der Waals surface area contributed by atoms with Crippen molar-refractivity contribution in [3.8, 4) is 17.2 Å². The number of hydrazone groups is 1. The molecule has 1 unspecified atom stereocenters. The molecule has 0 spiro atoms. The van der Waals surface area contributed by atoms with Gasteiger partial charge in [-0.15, -0.1) is 0 Å². The molecule has 0 aromatic heterocycles. The largest absolute Gasteiger partial charge is 0.497 e. The predicted molar refractivity (Wildman–Crippen MR) is 133 cm³/mol. The van der Waals surface area contributed by atoms with E-state index in [1.165, 1.54) is 19.3 Å². The summed E-state index contributed by atoms with van der Waals surface area (Å²) >= 11 is 0. The van der Waals surface area contributed by atoms with Crippen molar-refractivity contribution in [2.75, 3.05) is 34.9 Å². The Kier molecular flexibility index (Phi) is 7.73. The Labute approximate surface area is 202 Å². The van der Waals surface area contributed by atoms with Gasteiger partial charge in [0.05, 0.1) is 39.6 Å². The zero-order valence-electron chi connectivity index (χ0n) is 20.6. The first kappa shape index (κ1) is 24.1. The molecule has 1 atom stereocenters. The van der Waals surface area contributed by atoms with Gasteiger partial charge in [0, 0.05) is 29.7 Å². The summed E-state index contributed by atoms with van der Waals surface area (Å²) < 4.78 is 16.5. The second-order valence-corrected chi connectivity index (χ2v) is 9.05. The zero-order chi connectivity index (χ0) is 24.1. The summed E-state index contributed by atoms with van der Waals surface area (Å²) in [6, 6.07) is 13.7. The fraction of sp³-hybridized carbons (Fsp3) is 0.481. The molecule has 34 heavy (non-hydrogen) atoms. The van der Waals surface area contributed by atoms with Crippen LogP contribution in [-0.2, 0) is 4.79 Å². The molecule has 7 heteroatoms. The molecule has 2 aliphatic rings. The summed E-state index contributed by atoms with van der Waals surface area (Å²) in [5.74, 6) is 2.15. The van der Waals surface area contributed by atoms with Crippen LogP contribution in [0.1, 0.15) is 55.7 Å². The average molecular weight is 466 g/mol. The Bertz CT molecular complexity index is 1030. The molecular formula is C27H35N3O4. The first-order valence-corrected chi connectivity index (χ1v) is 12.0. The number of ether oxygens (including phenoxy) is 3. The molecule has 0 N–H and O–H groups in total. The standard InChI is InChI=1S/C27H35N3O4/c1-29(20-10-6-5-7-11-20)18-27(31)30-25(23-14-13-22(33-3)16-26(23)34-4)17-24(28-30)19-9-8-12-21(15-19)32-2/h8-9,12-16,20,25H,5-7,10-11,17-18H2,1-4H3. The average Bonchev–Trinajstić information content (AvgIpc) is 3.34. The van der Waals surface area contributed by atoms with Gasteiger partial charge < -0.3 is 14.2 Å². The van der Waals surface area contributed by atoms with Crippen molar-refractivity contribution in [1.82, 2.24) is 9.91 Å². The van der Waals surface area contributed by atoms with Crippen molar-refractivity contribution in [3.05, 3.63) is 53.6 Å². The number of carbonyl (C=O) groups is 1. The van der Waals surface area contributed by atoms with Crippen molar-refractivity contribution >= 4 is 11.6 Å². The van der Waals surface area contributed by atoms with E-state index in [0.29, 0.717) is 30.5 Å². The highest BCUT2D eigenvalue weighted by Crippen LogP contribution is 2.39. The van der Waals surface area contributed by atoms with Crippen LogP contribution in [0.5, 0.6) is 17.2 Å². The third-order valence-corrected chi connectivity index (χ3v) is 6.95. The van der Waals surface area contributed by atoms with E-state index in [1.54, 1.807) is 26.3 Å². The normalized spacial score (nSPS) is 18.7. The molecule has 2 aromatic carbocycles. The lowest BCUT2D eigenvalue weighted by molar-refractivity contribution is -0.134. The predicted octanol–water partition coefficient (Wildman–Crippen LogP) is 4.65. The number of likely N-dealkylation sites (N-methyl/N-ethyl adjacent to an activating group) is 1. The van der Waals surface area contributed by atoms with E-state index in [1.807, 2.05) is 42.5 Å². The van der Waals surface area contributed by atoms with Crippen molar-refractivity contribution in [2.24, 2.45) is 5.10 Å². The number of carbonyl (C=O) groups excluding carboxylic acids is 1. The smallest absolute Gasteiger partial charge is 0.257 e. The van der Waals surface area contributed by atoms with Crippen LogP contribution in [-0.4, -0.2) is 62.5 Å². The number of benzene rings is 2. The van der Waals surface area contributed by atoms with E-state index in [4.69, 9.17) is 19.3 Å². The van der Waals surface area contributed by atoms with E-state index in [9.17, 15) is 4.79 Å². The Morgan fingerprint density at radius 3 is 2.44 bits per heavy atom. The van der Waals surface area contributed by atoms with Gasteiger partial charge in [-0.3, -0.25) is 9.69 Å². The van der Waals surface area contributed by atoms with Crippen molar-refractivity contribution < 1.29 is 19.0 Å². The molecule has 2 aromatic rings. The van der Waals surface area contributed by atoms with Gasteiger partial charge in [-0.25, -0.2) is 5.01 Å². The molecule has 1 aliphatic carbocycles. The third kappa shape index (κ3) is 5.20. The minimum atomic E-state index is -0.255. The molecule has 1 aliphatic heterocycles. The third-order valence-electron chi connectivity index (χ3n) is 6.95. The number of hydrogen-bond donors (Lipinski definition) is 0. The second-order valence-electron chi connectivity index (χ2n) is 9.05. The van der Waals surface area contributed by atoms with Crippen LogP contribution in [0.25, 0.3) is 0 Å². The topological polar surface area (TPSA) is 63.6 Å². The summed E-state index contributed by atoms with van der Waals surface area (Å²) in [5, 5.41) is 6.49. The lowest BCUT2D eigenvalue weighted by Crippen LogP contribution is -2.42. The number of hydrogen-bond acceptors (Lipinski definition) is 6. The fourth-order valence-electron chi connectivity index (χ4n) is 4.99. The summed E-state index contributed by atoms with van der Waals surface area (Å²) in [4.78, 5) is 15.8. The van der Waals surface area contributed by atoms with Crippen LogP contribution in [0, 0.1) is 0 Å². The van der Waals surface area contributed by atoms with Crippen LogP contribution in [0.2, 0.25) is 0 Å². The Morgan fingerprint density at radius 2 is 1.74 bits per heavy atom. The Morgan fingerprint density at radius 1 is 1.00 bits per heavy atom. The molecule has 0 radical (unpaired) electrons. The van der Waals surface area contributed by atoms with E-state index < -0.39 is 0 Å². The van der Waals surface area contributed by atoms with Gasteiger partial charge >= 0.3 is 0 Å². The summed E-state index contributed by atoms with van der Waals surface area (Å²) in [7, 11) is 6.97. The maximum Gasteiger partial charge on any atom is 0.257 e. The highest BCUT2D eigenvalue weighted by molar-refractivity contribution is 6.03. The molecule has 1 heterocycles. The lowest BCUT2D eigenvalue weighted by Gasteiger charge is -2.32. The number of amides is 1. The van der Waals surface area contributed by atoms with Crippen molar-refractivity contribution in [1.29, 1.82) is 0 Å². The van der Waals surface area contributed by atoms with Crippen LogP contribution in [0.4, 0.5) is 0 Å². The molecule has 1 fully saturated rings. The quantitative estimate of drug-likeness (QED) is 0.568. The van der Waals surface area contributed by atoms with Crippen LogP contribution < -0.4 is 14.2 Å². The maximum atomic E-state index is 13.6. The fourth-order valence-corrected chi connectivity index (χ4v) is 4.99. The second kappa shape index (κ2) is 10.9. The molecule has 4 rings (SSSR count). The monoisotopic (exact) mass is 465 g/mol. The number of rotatable bonds is 8. The van der Waals surface area contributed by atoms with Gasteiger partial charge in [0.15, 0.2) is 0 Å². The molecule has 1 saturated carbocycles. The van der Waals surface area contributed by atoms with Gasteiger partial charge in [0.2, 0.25) is 0 Å². The van der Waals surface area contributed by atoms with Crippen molar-refractivity contribution in [3.63, 3.8) is 0 Å². The van der Waals surface area contributed by atoms with Gasteiger partial charge in [0.25, 0.3) is 5.91 Å². The van der Waals surface area contributed by atoms with E-state index in [0.717, 1.165) is 35.4 Å². The molecule has 1 amide bonds. The first-order valence-electron chi connectivity index (χ1n) is 12.0. The van der Waals surface area contributed by atoms with E-state index >= 15 is 0 Å². The number of nitrogens with zero attached hydrogens (tertiary/aromatic N) is 3. The van der Waals surface area contributed by atoms with Gasteiger partial charge in [0.1, 0.15) is 17.2 Å².